The Morgan fingerprint density at radius 2 is 1.50 bits per heavy atom. The molecule has 0 saturated carbocycles. The van der Waals surface area contributed by atoms with E-state index < -0.39 is 20.0 Å². The van der Waals surface area contributed by atoms with E-state index >= 15 is 0 Å². The summed E-state index contributed by atoms with van der Waals surface area (Å²) in [6, 6.07) is 4.82. The molecular formula is C12H20N2O4S2. The highest BCUT2D eigenvalue weighted by atomic mass is 32.2. The highest BCUT2D eigenvalue weighted by molar-refractivity contribution is 7.89. The summed E-state index contributed by atoms with van der Waals surface area (Å²) in [7, 11) is -7.40. The Labute approximate surface area is 120 Å². The molecule has 8 heteroatoms. The largest absolute Gasteiger partial charge is 0.240 e. The molecule has 0 heterocycles. The molecule has 1 aromatic rings. The van der Waals surface area contributed by atoms with Crippen molar-refractivity contribution in [3.8, 4) is 0 Å². The summed E-state index contributed by atoms with van der Waals surface area (Å²) >= 11 is 0. The van der Waals surface area contributed by atoms with Gasteiger partial charge in [-0.05, 0) is 30.7 Å². The molecule has 0 aliphatic rings. The van der Waals surface area contributed by atoms with E-state index in [1.165, 1.54) is 24.3 Å². The zero-order valence-electron chi connectivity index (χ0n) is 11.4. The molecule has 1 aromatic carbocycles. The van der Waals surface area contributed by atoms with Gasteiger partial charge in [0.1, 0.15) is 0 Å². The molecule has 0 spiro atoms. The van der Waals surface area contributed by atoms with Gasteiger partial charge in [-0.3, -0.25) is 0 Å². The molecule has 3 N–H and O–H groups in total. The van der Waals surface area contributed by atoms with E-state index in [1.54, 1.807) is 0 Å². The molecule has 0 atom stereocenters. The molecule has 0 fully saturated rings. The molecule has 0 radical (unpaired) electrons. The topological polar surface area (TPSA) is 106 Å². The van der Waals surface area contributed by atoms with Crippen molar-refractivity contribution >= 4 is 20.0 Å². The van der Waals surface area contributed by atoms with Crippen LogP contribution in [0.15, 0.2) is 34.1 Å². The number of unbranched alkanes of at least 4 members (excludes halogenated alkanes) is 3. The lowest BCUT2D eigenvalue weighted by atomic mass is 10.2. The minimum absolute atomic E-state index is 0.0281. The SMILES string of the molecule is CCCCCCNS(=O)(=O)c1ccc(S(N)(=O)=O)cc1. The Morgan fingerprint density at radius 1 is 0.950 bits per heavy atom. The maximum absolute atomic E-state index is 11.9. The third-order valence-corrected chi connectivity index (χ3v) is 5.19. The molecule has 0 bridgehead atoms. The summed E-state index contributed by atoms with van der Waals surface area (Å²) in [5.74, 6) is 0. The monoisotopic (exact) mass is 320 g/mol. The number of nitrogens with one attached hydrogen (secondary N) is 1. The number of nitrogens with two attached hydrogens (primary N) is 1. The van der Waals surface area contributed by atoms with Crippen molar-refractivity contribution in [3.05, 3.63) is 24.3 Å². The van der Waals surface area contributed by atoms with Crippen molar-refractivity contribution in [2.24, 2.45) is 5.14 Å². The second kappa shape index (κ2) is 7.16. The molecule has 6 nitrogen and oxygen atoms in total. The Morgan fingerprint density at radius 3 is 2.00 bits per heavy atom. The van der Waals surface area contributed by atoms with Gasteiger partial charge in [0.15, 0.2) is 0 Å². The second-order valence-corrected chi connectivity index (χ2v) is 7.80. The van der Waals surface area contributed by atoms with Gasteiger partial charge in [0, 0.05) is 6.54 Å². The van der Waals surface area contributed by atoms with E-state index in [0.717, 1.165) is 25.7 Å². The lowest BCUT2D eigenvalue weighted by Crippen LogP contribution is -2.25. The number of benzene rings is 1. The van der Waals surface area contributed by atoms with Crippen LogP contribution in [-0.2, 0) is 20.0 Å². The van der Waals surface area contributed by atoms with E-state index in [2.05, 4.69) is 11.6 Å². The number of hydrogen-bond acceptors (Lipinski definition) is 4. The van der Waals surface area contributed by atoms with Crippen LogP contribution >= 0.6 is 0 Å². The molecule has 0 saturated heterocycles. The highest BCUT2D eigenvalue weighted by Crippen LogP contribution is 2.13. The molecule has 114 valence electrons. The average Bonchev–Trinajstić information content (AvgIpc) is 2.37. The number of sulfonamides is 2. The van der Waals surface area contributed by atoms with Crippen LogP contribution in [0.5, 0.6) is 0 Å². The minimum atomic E-state index is -3.81. The smallest absolute Gasteiger partial charge is 0.225 e. The predicted molar refractivity (Wildman–Crippen MR) is 77.1 cm³/mol. The van der Waals surface area contributed by atoms with E-state index in [0.29, 0.717) is 6.54 Å². The molecule has 0 amide bonds. The van der Waals surface area contributed by atoms with E-state index in [1.807, 2.05) is 0 Å². The van der Waals surface area contributed by atoms with E-state index in [4.69, 9.17) is 5.14 Å². The Hall–Kier alpha value is -0.960. The maximum atomic E-state index is 11.9. The van der Waals surface area contributed by atoms with Gasteiger partial charge in [-0.15, -0.1) is 0 Å². The van der Waals surface area contributed by atoms with Crippen molar-refractivity contribution in [1.82, 2.24) is 4.72 Å². The lowest BCUT2D eigenvalue weighted by Gasteiger charge is -2.07. The lowest BCUT2D eigenvalue weighted by molar-refractivity contribution is 0.573. The number of hydrogen-bond donors (Lipinski definition) is 2. The van der Waals surface area contributed by atoms with Crippen molar-refractivity contribution in [3.63, 3.8) is 0 Å². The zero-order chi connectivity index (χ0) is 15.2. The van der Waals surface area contributed by atoms with Gasteiger partial charge in [-0.25, -0.2) is 26.7 Å². The van der Waals surface area contributed by atoms with Gasteiger partial charge >= 0.3 is 0 Å². The molecular weight excluding hydrogens is 300 g/mol. The van der Waals surface area contributed by atoms with E-state index in [9.17, 15) is 16.8 Å². The third-order valence-electron chi connectivity index (χ3n) is 2.78. The Balaban J connectivity index is 2.69. The van der Waals surface area contributed by atoms with Gasteiger partial charge < -0.3 is 0 Å². The van der Waals surface area contributed by atoms with Crippen molar-refractivity contribution < 1.29 is 16.8 Å². The maximum Gasteiger partial charge on any atom is 0.240 e. The Bertz CT molecular complexity index is 622. The minimum Gasteiger partial charge on any atom is -0.225 e. The van der Waals surface area contributed by atoms with Gasteiger partial charge in [0.25, 0.3) is 0 Å². The highest BCUT2D eigenvalue weighted by Gasteiger charge is 2.15. The number of primary sulfonamides is 1. The van der Waals surface area contributed by atoms with Crippen molar-refractivity contribution in [1.29, 1.82) is 0 Å². The zero-order valence-corrected chi connectivity index (χ0v) is 13.0. The van der Waals surface area contributed by atoms with E-state index in [-0.39, 0.29) is 9.79 Å². The van der Waals surface area contributed by atoms with Crippen molar-refractivity contribution in [2.75, 3.05) is 6.54 Å². The first-order valence-corrected chi connectivity index (χ1v) is 9.43. The van der Waals surface area contributed by atoms with Crippen LogP contribution in [0.2, 0.25) is 0 Å². The van der Waals surface area contributed by atoms with Crippen LogP contribution in [0, 0.1) is 0 Å². The Kier molecular flexibility index (Phi) is 6.12. The first kappa shape index (κ1) is 17.1. The summed E-state index contributed by atoms with van der Waals surface area (Å²) in [5, 5.41) is 4.95. The molecule has 0 unspecified atom stereocenters. The summed E-state index contributed by atoms with van der Waals surface area (Å²) in [4.78, 5) is -0.0835. The summed E-state index contributed by atoms with van der Waals surface area (Å²) in [6.07, 6.45) is 3.91. The summed E-state index contributed by atoms with van der Waals surface area (Å²) in [6.45, 7) is 2.45. The molecule has 20 heavy (non-hydrogen) atoms. The van der Waals surface area contributed by atoms with Crippen LogP contribution < -0.4 is 9.86 Å². The predicted octanol–water partition coefficient (Wildman–Crippen LogP) is 1.19. The van der Waals surface area contributed by atoms with Crippen LogP contribution in [0.3, 0.4) is 0 Å². The first-order chi connectivity index (χ1) is 9.27. The van der Waals surface area contributed by atoms with Gasteiger partial charge in [0.05, 0.1) is 9.79 Å². The fraction of sp³-hybridized carbons (Fsp3) is 0.500. The molecule has 1 rings (SSSR count). The summed E-state index contributed by atoms with van der Waals surface area (Å²) < 4.78 is 48.5. The number of rotatable bonds is 8. The first-order valence-electron chi connectivity index (χ1n) is 6.40. The van der Waals surface area contributed by atoms with Gasteiger partial charge in [-0.2, -0.15) is 0 Å². The van der Waals surface area contributed by atoms with Crippen LogP contribution in [0.1, 0.15) is 32.6 Å². The van der Waals surface area contributed by atoms with Gasteiger partial charge in [0.2, 0.25) is 20.0 Å². The van der Waals surface area contributed by atoms with Crippen LogP contribution in [-0.4, -0.2) is 23.4 Å². The average molecular weight is 320 g/mol. The van der Waals surface area contributed by atoms with Crippen LogP contribution in [0.25, 0.3) is 0 Å². The quantitative estimate of drug-likeness (QED) is 0.702. The summed E-state index contributed by atoms with van der Waals surface area (Å²) in [5.41, 5.74) is 0. The third kappa shape index (κ3) is 5.20. The standard InChI is InChI=1S/C12H20N2O4S2/c1-2-3-4-5-10-14-20(17,18)12-8-6-11(7-9-12)19(13,15)16/h6-9,14H,2-5,10H2,1H3,(H2,13,15,16). The fourth-order valence-electron chi connectivity index (χ4n) is 1.65. The molecule has 0 aliphatic heterocycles. The normalized spacial score (nSPS) is 12.5. The molecule has 0 aliphatic carbocycles. The van der Waals surface area contributed by atoms with Crippen LogP contribution in [0.4, 0.5) is 0 Å². The van der Waals surface area contributed by atoms with Gasteiger partial charge in [-0.1, -0.05) is 26.2 Å². The second-order valence-electron chi connectivity index (χ2n) is 4.47. The van der Waals surface area contributed by atoms with Crippen molar-refractivity contribution in [2.45, 2.75) is 42.4 Å². The molecule has 0 aromatic heterocycles. The fourth-order valence-corrected chi connectivity index (χ4v) is 3.24.